The van der Waals surface area contributed by atoms with E-state index in [9.17, 15) is 5.11 Å². The maximum absolute atomic E-state index is 9.34. The summed E-state index contributed by atoms with van der Waals surface area (Å²) in [6.45, 7) is 0.568. The largest absolute Gasteiger partial charge is 0.468 e. The highest BCUT2D eigenvalue weighted by molar-refractivity contribution is 9.10. The second kappa shape index (κ2) is 6.38. The SMILES string of the molecule is OCC(NCc1cc(Cl)ccc1Br)c1ccco1. The van der Waals surface area contributed by atoms with E-state index in [1.54, 1.807) is 12.3 Å². The lowest BCUT2D eigenvalue weighted by Gasteiger charge is -2.14. The summed E-state index contributed by atoms with van der Waals surface area (Å²) in [6.07, 6.45) is 1.59. The Bertz CT molecular complexity index is 502. The van der Waals surface area contributed by atoms with Crippen molar-refractivity contribution in [2.45, 2.75) is 12.6 Å². The van der Waals surface area contributed by atoms with Crippen LogP contribution in [0.4, 0.5) is 0 Å². The molecule has 3 nitrogen and oxygen atoms in total. The molecule has 0 saturated heterocycles. The average molecular weight is 331 g/mol. The van der Waals surface area contributed by atoms with Crippen molar-refractivity contribution in [3.8, 4) is 0 Å². The van der Waals surface area contributed by atoms with E-state index < -0.39 is 0 Å². The van der Waals surface area contributed by atoms with Crippen molar-refractivity contribution >= 4 is 27.5 Å². The predicted octanol–water partition coefficient (Wildman–Crippen LogP) is 3.52. The highest BCUT2D eigenvalue weighted by Gasteiger charge is 2.13. The molecule has 0 aliphatic carbocycles. The monoisotopic (exact) mass is 329 g/mol. The van der Waals surface area contributed by atoms with Gasteiger partial charge in [0, 0.05) is 16.0 Å². The molecule has 1 atom stereocenters. The number of benzene rings is 1. The summed E-state index contributed by atoms with van der Waals surface area (Å²) in [5, 5.41) is 13.3. The van der Waals surface area contributed by atoms with Crippen molar-refractivity contribution in [1.82, 2.24) is 5.32 Å². The van der Waals surface area contributed by atoms with Crippen LogP contribution in [0, 0.1) is 0 Å². The van der Waals surface area contributed by atoms with E-state index in [4.69, 9.17) is 16.0 Å². The molecule has 0 fully saturated rings. The molecule has 0 aliphatic heterocycles. The Balaban J connectivity index is 2.04. The van der Waals surface area contributed by atoms with E-state index in [-0.39, 0.29) is 12.6 Å². The minimum atomic E-state index is -0.217. The standard InChI is InChI=1S/C13H13BrClNO2/c14-11-4-3-10(15)6-9(11)7-16-12(8-17)13-2-1-5-18-13/h1-6,12,16-17H,7-8H2. The molecule has 1 unspecified atom stereocenters. The number of aliphatic hydroxyl groups is 1. The van der Waals surface area contributed by atoms with E-state index in [0.29, 0.717) is 11.6 Å². The molecule has 5 heteroatoms. The zero-order valence-electron chi connectivity index (χ0n) is 9.57. The minimum Gasteiger partial charge on any atom is -0.468 e. The molecule has 0 amide bonds. The average Bonchev–Trinajstić information content (AvgIpc) is 2.88. The first kappa shape index (κ1) is 13.6. The van der Waals surface area contributed by atoms with Crippen LogP contribution in [0.15, 0.2) is 45.5 Å². The Kier molecular flexibility index (Phi) is 4.83. The van der Waals surface area contributed by atoms with Crippen LogP contribution in [-0.4, -0.2) is 11.7 Å². The molecular formula is C13H13BrClNO2. The summed E-state index contributed by atoms with van der Waals surface area (Å²) in [5.41, 5.74) is 1.03. The second-order valence-electron chi connectivity index (χ2n) is 3.87. The predicted molar refractivity (Wildman–Crippen MR) is 74.5 cm³/mol. The highest BCUT2D eigenvalue weighted by atomic mass is 79.9. The van der Waals surface area contributed by atoms with Gasteiger partial charge in [0.25, 0.3) is 0 Å². The Hall–Kier alpha value is -0.810. The quantitative estimate of drug-likeness (QED) is 0.881. The Morgan fingerprint density at radius 2 is 2.22 bits per heavy atom. The third-order valence-electron chi connectivity index (χ3n) is 2.62. The van der Waals surface area contributed by atoms with Crippen LogP contribution < -0.4 is 5.32 Å². The Labute approximate surface area is 119 Å². The molecule has 0 spiro atoms. The van der Waals surface area contributed by atoms with Gasteiger partial charge in [-0.2, -0.15) is 0 Å². The lowest BCUT2D eigenvalue weighted by molar-refractivity contribution is 0.225. The van der Waals surface area contributed by atoms with Crippen LogP contribution in [0.25, 0.3) is 0 Å². The number of halogens is 2. The third kappa shape index (κ3) is 3.36. The molecule has 2 N–H and O–H groups in total. The highest BCUT2D eigenvalue weighted by Crippen LogP contribution is 2.22. The zero-order valence-corrected chi connectivity index (χ0v) is 11.9. The first-order valence-electron chi connectivity index (χ1n) is 5.52. The van der Waals surface area contributed by atoms with Crippen molar-refractivity contribution in [1.29, 1.82) is 0 Å². The molecule has 1 heterocycles. The molecular weight excluding hydrogens is 318 g/mol. The summed E-state index contributed by atoms with van der Waals surface area (Å²) < 4.78 is 6.25. The minimum absolute atomic E-state index is 0.0221. The Morgan fingerprint density at radius 3 is 2.89 bits per heavy atom. The van der Waals surface area contributed by atoms with E-state index in [2.05, 4.69) is 21.2 Å². The lowest BCUT2D eigenvalue weighted by atomic mass is 10.2. The van der Waals surface area contributed by atoms with Crippen molar-refractivity contribution < 1.29 is 9.52 Å². The first-order valence-corrected chi connectivity index (χ1v) is 6.69. The van der Waals surface area contributed by atoms with Gasteiger partial charge in [0.05, 0.1) is 18.9 Å². The number of hydrogen-bond donors (Lipinski definition) is 2. The molecule has 18 heavy (non-hydrogen) atoms. The smallest absolute Gasteiger partial charge is 0.123 e. The zero-order chi connectivity index (χ0) is 13.0. The first-order chi connectivity index (χ1) is 8.70. The van der Waals surface area contributed by atoms with Gasteiger partial charge in [-0.25, -0.2) is 0 Å². The summed E-state index contributed by atoms with van der Waals surface area (Å²) in [6, 6.07) is 9.03. The van der Waals surface area contributed by atoms with Crippen LogP contribution in [-0.2, 0) is 6.54 Å². The molecule has 96 valence electrons. The van der Waals surface area contributed by atoms with Crippen molar-refractivity contribution in [2.24, 2.45) is 0 Å². The summed E-state index contributed by atoms with van der Waals surface area (Å²) in [4.78, 5) is 0. The van der Waals surface area contributed by atoms with Gasteiger partial charge >= 0.3 is 0 Å². The van der Waals surface area contributed by atoms with Crippen LogP contribution >= 0.6 is 27.5 Å². The van der Waals surface area contributed by atoms with E-state index in [1.807, 2.05) is 24.3 Å². The summed E-state index contributed by atoms with van der Waals surface area (Å²) in [5.74, 6) is 0.718. The van der Waals surface area contributed by atoms with Gasteiger partial charge in [0.2, 0.25) is 0 Å². The summed E-state index contributed by atoms with van der Waals surface area (Å²) >= 11 is 9.42. The molecule has 1 aromatic heterocycles. The van der Waals surface area contributed by atoms with Gasteiger partial charge in [0.1, 0.15) is 5.76 Å². The number of furan rings is 1. The molecule has 2 rings (SSSR count). The maximum Gasteiger partial charge on any atom is 0.123 e. The normalized spacial score (nSPS) is 12.6. The molecule has 0 radical (unpaired) electrons. The van der Waals surface area contributed by atoms with E-state index >= 15 is 0 Å². The van der Waals surface area contributed by atoms with Gasteiger partial charge in [-0.15, -0.1) is 0 Å². The number of aliphatic hydroxyl groups excluding tert-OH is 1. The van der Waals surface area contributed by atoms with Gasteiger partial charge in [-0.05, 0) is 35.9 Å². The third-order valence-corrected chi connectivity index (χ3v) is 3.62. The number of rotatable bonds is 5. The van der Waals surface area contributed by atoms with E-state index in [0.717, 1.165) is 15.8 Å². The molecule has 2 aromatic rings. The van der Waals surface area contributed by atoms with Crippen molar-refractivity contribution in [3.63, 3.8) is 0 Å². The van der Waals surface area contributed by atoms with Crippen LogP contribution in [0.5, 0.6) is 0 Å². The molecule has 0 bridgehead atoms. The van der Waals surface area contributed by atoms with Gasteiger partial charge < -0.3 is 14.8 Å². The van der Waals surface area contributed by atoms with Gasteiger partial charge in [-0.1, -0.05) is 27.5 Å². The number of nitrogens with one attached hydrogen (secondary N) is 1. The van der Waals surface area contributed by atoms with Gasteiger partial charge in [0.15, 0.2) is 0 Å². The van der Waals surface area contributed by atoms with Gasteiger partial charge in [-0.3, -0.25) is 0 Å². The molecule has 0 aliphatic rings. The molecule has 1 aromatic carbocycles. The van der Waals surface area contributed by atoms with E-state index in [1.165, 1.54) is 0 Å². The maximum atomic E-state index is 9.34. The topological polar surface area (TPSA) is 45.4 Å². The van der Waals surface area contributed by atoms with Crippen LogP contribution in [0.1, 0.15) is 17.4 Å². The fraction of sp³-hybridized carbons (Fsp3) is 0.231. The Morgan fingerprint density at radius 1 is 1.39 bits per heavy atom. The lowest BCUT2D eigenvalue weighted by Crippen LogP contribution is -2.23. The van der Waals surface area contributed by atoms with Crippen LogP contribution in [0.3, 0.4) is 0 Å². The fourth-order valence-electron chi connectivity index (χ4n) is 1.66. The summed E-state index contributed by atoms with van der Waals surface area (Å²) in [7, 11) is 0. The number of hydrogen-bond acceptors (Lipinski definition) is 3. The van der Waals surface area contributed by atoms with Crippen molar-refractivity contribution in [3.05, 3.63) is 57.4 Å². The molecule has 0 saturated carbocycles. The fourth-order valence-corrected chi connectivity index (χ4v) is 2.24. The van der Waals surface area contributed by atoms with Crippen LogP contribution in [0.2, 0.25) is 5.02 Å². The second-order valence-corrected chi connectivity index (χ2v) is 5.16. The van der Waals surface area contributed by atoms with Crippen molar-refractivity contribution in [2.75, 3.05) is 6.61 Å².